The fraction of sp³-hybridized carbons (Fsp3) is 0.182. The fourth-order valence-electron chi connectivity index (χ4n) is 1.61. The second kappa shape index (κ2) is 5.48. The minimum Gasteiger partial charge on any atom is -0.480 e. The first kappa shape index (κ1) is 12.3. The maximum Gasteiger partial charge on any atom is 0.237 e. The Bertz CT molecular complexity index is 536. The Morgan fingerprint density at radius 3 is 2.78 bits per heavy atom. The van der Waals surface area contributed by atoms with Crippen LogP contribution in [0.2, 0.25) is 0 Å². The molecule has 0 saturated carbocycles. The molecule has 0 aromatic carbocycles. The van der Waals surface area contributed by atoms with Crippen molar-refractivity contribution >= 4 is 0 Å². The molecule has 0 saturated heterocycles. The van der Waals surface area contributed by atoms with Crippen LogP contribution in [0.15, 0.2) is 30.9 Å². The van der Waals surface area contributed by atoms with E-state index in [1.54, 1.807) is 0 Å². The Hall–Kier alpha value is -2.12. The maximum absolute atomic E-state index is 13.2. The third kappa shape index (κ3) is 2.41. The van der Waals surface area contributed by atoms with Crippen LogP contribution >= 0.6 is 0 Å². The number of hydrogen-bond donors (Lipinski definition) is 2. The first-order valence-corrected chi connectivity index (χ1v) is 5.17. The van der Waals surface area contributed by atoms with Gasteiger partial charge in [0.25, 0.3) is 0 Å². The van der Waals surface area contributed by atoms with Gasteiger partial charge in [0.2, 0.25) is 5.88 Å². The van der Waals surface area contributed by atoms with Gasteiger partial charge < -0.3 is 4.74 Å². The lowest BCUT2D eigenvalue weighted by Crippen LogP contribution is -2.30. The van der Waals surface area contributed by atoms with E-state index in [0.717, 1.165) is 6.20 Å². The molecule has 0 amide bonds. The average Bonchev–Trinajstić information content (AvgIpc) is 2.40. The first-order chi connectivity index (χ1) is 8.76. The summed E-state index contributed by atoms with van der Waals surface area (Å²) in [6.07, 6.45) is 5.63. The molecule has 1 atom stereocenters. The molecule has 0 radical (unpaired) electrons. The Balaban J connectivity index is 2.45. The van der Waals surface area contributed by atoms with Crippen LogP contribution in [-0.4, -0.2) is 22.1 Å². The van der Waals surface area contributed by atoms with Crippen LogP contribution in [0.3, 0.4) is 0 Å². The van der Waals surface area contributed by atoms with Crippen LogP contribution < -0.4 is 16.0 Å². The number of pyridine rings is 1. The lowest BCUT2D eigenvalue weighted by molar-refractivity contribution is 0.382. The number of methoxy groups -OCH3 is 1. The zero-order valence-electron chi connectivity index (χ0n) is 9.67. The Morgan fingerprint density at radius 2 is 2.11 bits per heavy atom. The van der Waals surface area contributed by atoms with E-state index in [-0.39, 0.29) is 0 Å². The van der Waals surface area contributed by atoms with Gasteiger partial charge >= 0.3 is 0 Å². The summed E-state index contributed by atoms with van der Waals surface area (Å²) < 4.78 is 18.3. The lowest BCUT2D eigenvalue weighted by atomic mass is 10.1. The molecule has 2 heterocycles. The van der Waals surface area contributed by atoms with E-state index in [1.807, 2.05) is 0 Å². The number of nitrogens with zero attached hydrogens (tertiary/aromatic N) is 3. The predicted octanol–water partition coefficient (Wildman–Crippen LogP) is 0.572. The van der Waals surface area contributed by atoms with Gasteiger partial charge in [-0.1, -0.05) is 0 Å². The van der Waals surface area contributed by atoms with E-state index in [2.05, 4.69) is 20.4 Å². The molecule has 6 nitrogen and oxygen atoms in total. The van der Waals surface area contributed by atoms with Gasteiger partial charge in [-0.15, -0.1) is 0 Å². The highest BCUT2D eigenvalue weighted by Gasteiger charge is 2.20. The summed E-state index contributed by atoms with van der Waals surface area (Å²) in [7, 11) is 1.48. The van der Waals surface area contributed by atoms with Gasteiger partial charge in [0.1, 0.15) is 11.5 Å². The number of hydrogen-bond acceptors (Lipinski definition) is 6. The number of aromatic nitrogens is 3. The predicted molar refractivity (Wildman–Crippen MR) is 61.9 cm³/mol. The molecule has 1 unspecified atom stereocenters. The van der Waals surface area contributed by atoms with Gasteiger partial charge in [-0.05, 0) is 11.6 Å². The largest absolute Gasteiger partial charge is 0.480 e. The van der Waals surface area contributed by atoms with Crippen molar-refractivity contribution in [1.82, 2.24) is 20.4 Å². The van der Waals surface area contributed by atoms with Crippen molar-refractivity contribution in [1.29, 1.82) is 0 Å². The van der Waals surface area contributed by atoms with E-state index in [4.69, 9.17) is 10.6 Å². The van der Waals surface area contributed by atoms with Gasteiger partial charge in [0.15, 0.2) is 0 Å². The summed E-state index contributed by atoms with van der Waals surface area (Å²) in [4.78, 5) is 11.9. The first-order valence-electron chi connectivity index (χ1n) is 5.17. The van der Waals surface area contributed by atoms with Crippen molar-refractivity contribution in [3.05, 3.63) is 47.9 Å². The summed E-state index contributed by atoms with van der Waals surface area (Å²) >= 11 is 0. The molecular formula is C11H12FN5O. The third-order valence-corrected chi connectivity index (χ3v) is 2.38. The summed E-state index contributed by atoms with van der Waals surface area (Å²) in [5.74, 6) is 5.36. The summed E-state index contributed by atoms with van der Waals surface area (Å²) in [6.45, 7) is 0. The van der Waals surface area contributed by atoms with Crippen LogP contribution in [0, 0.1) is 5.82 Å². The van der Waals surface area contributed by atoms with Gasteiger partial charge in [-0.25, -0.2) is 14.8 Å². The normalized spacial score (nSPS) is 12.2. The molecule has 0 fully saturated rings. The van der Waals surface area contributed by atoms with Gasteiger partial charge in [0.05, 0.1) is 19.3 Å². The molecule has 0 bridgehead atoms. The molecule has 0 spiro atoms. The highest BCUT2D eigenvalue weighted by atomic mass is 19.1. The number of nitrogens with two attached hydrogens (primary N) is 1. The highest BCUT2D eigenvalue weighted by Crippen LogP contribution is 2.25. The zero-order chi connectivity index (χ0) is 13.0. The van der Waals surface area contributed by atoms with E-state index in [1.165, 1.54) is 31.8 Å². The number of rotatable bonds is 4. The minimum absolute atomic E-state index is 0.324. The molecule has 0 aliphatic rings. The van der Waals surface area contributed by atoms with Crippen LogP contribution in [0.1, 0.15) is 17.3 Å². The zero-order valence-corrected chi connectivity index (χ0v) is 9.67. The van der Waals surface area contributed by atoms with Crippen molar-refractivity contribution in [2.75, 3.05) is 7.11 Å². The second-order valence-corrected chi connectivity index (χ2v) is 3.49. The average molecular weight is 249 g/mol. The van der Waals surface area contributed by atoms with Crippen molar-refractivity contribution in [2.24, 2.45) is 5.84 Å². The van der Waals surface area contributed by atoms with Gasteiger partial charge in [0, 0.05) is 18.6 Å². The van der Waals surface area contributed by atoms with Crippen LogP contribution in [-0.2, 0) is 0 Å². The third-order valence-electron chi connectivity index (χ3n) is 2.38. The Morgan fingerprint density at radius 1 is 1.33 bits per heavy atom. The number of hydrazine groups is 1. The van der Waals surface area contributed by atoms with Crippen molar-refractivity contribution in [2.45, 2.75) is 6.04 Å². The summed E-state index contributed by atoms with van der Waals surface area (Å²) in [6, 6.07) is 0.780. The quantitative estimate of drug-likeness (QED) is 0.608. The van der Waals surface area contributed by atoms with Crippen LogP contribution in [0.4, 0.5) is 4.39 Å². The number of halogens is 1. The molecule has 0 aliphatic carbocycles. The van der Waals surface area contributed by atoms with Crippen molar-refractivity contribution < 1.29 is 9.13 Å². The topological polar surface area (TPSA) is 86.0 Å². The monoisotopic (exact) mass is 249 g/mol. The molecule has 7 heteroatoms. The standard InChI is InChI=1S/C11H12FN5O/c1-18-11-10(15-2-3-16-11)9(17-13)7-4-8(12)6-14-5-7/h2-6,9,17H,13H2,1H3. The maximum atomic E-state index is 13.2. The second-order valence-electron chi connectivity index (χ2n) is 3.49. The summed E-state index contributed by atoms with van der Waals surface area (Å²) in [5, 5.41) is 0. The van der Waals surface area contributed by atoms with Crippen molar-refractivity contribution in [3.8, 4) is 5.88 Å². The van der Waals surface area contributed by atoms with E-state index < -0.39 is 11.9 Å². The SMILES string of the molecule is COc1nccnc1C(NN)c1cncc(F)c1. The molecule has 2 aromatic rings. The fourth-order valence-corrected chi connectivity index (χ4v) is 1.61. The van der Waals surface area contributed by atoms with E-state index >= 15 is 0 Å². The smallest absolute Gasteiger partial charge is 0.237 e. The van der Waals surface area contributed by atoms with E-state index in [0.29, 0.717) is 17.1 Å². The molecule has 0 aliphatic heterocycles. The Labute approximate surface area is 103 Å². The van der Waals surface area contributed by atoms with Crippen molar-refractivity contribution in [3.63, 3.8) is 0 Å². The highest BCUT2D eigenvalue weighted by molar-refractivity contribution is 5.31. The summed E-state index contributed by atoms with van der Waals surface area (Å²) in [5.41, 5.74) is 3.55. The minimum atomic E-state index is -0.545. The molecule has 2 aromatic heterocycles. The Kier molecular flexibility index (Phi) is 3.75. The molecule has 2 rings (SSSR count). The van der Waals surface area contributed by atoms with Gasteiger partial charge in [-0.3, -0.25) is 15.8 Å². The number of ether oxygens (including phenoxy) is 1. The number of nitrogens with one attached hydrogen (secondary N) is 1. The van der Waals surface area contributed by atoms with Crippen LogP contribution in [0.25, 0.3) is 0 Å². The molecule has 94 valence electrons. The lowest BCUT2D eigenvalue weighted by Gasteiger charge is -2.16. The molecule has 3 N–H and O–H groups in total. The van der Waals surface area contributed by atoms with E-state index in [9.17, 15) is 4.39 Å². The molecule has 18 heavy (non-hydrogen) atoms. The molecular weight excluding hydrogens is 237 g/mol. The van der Waals surface area contributed by atoms with Crippen LogP contribution in [0.5, 0.6) is 5.88 Å². The van der Waals surface area contributed by atoms with Gasteiger partial charge in [-0.2, -0.15) is 0 Å².